The number of hydrogen-bond acceptors (Lipinski definition) is 5. The van der Waals surface area contributed by atoms with Crippen LogP contribution in [0.15, 0.2) is 30.0 Å². The fourth-order valence-electron chi connectivity index (χ4n) is 5.84. The molecule has 11 heteroatoms. The van der Waals surface area contributed by atoms with E-state index in [0.29, 0.717) is 50.3 Å². The summed E-state index contributed by atoms with van der Waals surface area (Å²) in [6.07, 6.45) is -7.26. The van der Waals surface area contributed by atoms with Crippen molar-refractivity contribution in [1.29, 1.82) is 0 Å². The Morgan fingerprint density at radius 3 is 2.27 bits per heavy atom. The van der Waals surface area contributed by atoms with Gasteiger partial charge in [0.1, 0.15) is 6.23 Å². The summed E-state index contributed by atoms with van der Waals surface area (Å²) in [4.78, 5) is 1.71. The number of nitrogens with one attached hydrogen (secondary N) is 1. The monoisotopic (exact) mass is 536 g/mol. The Labute approximate surface area is 212 Å². The molecule has 2 heterocycles. The molecule has 0 radical (unpaired) electrons. The molecule has 2 aliphatic heterocycles. The van der Waals surface area contributed by atoms with Gasteiger partial charge in [-0.3, -0.25) is 4.90 Å². The minimum Gasteiger partial charge on any atom is -0.386 e. The fourth-order valence-corrected chi connectivity index (χ4v) is 5.84. The first-order valence-corrected chi connectivity index (χ1v) is 12.7. The summed E-state index contributed by atoms with van der Waals surface area (Å²) in [6, 6.07) is 2.97. The zero-order valence-electron chi connectivity index (χ0n) is 20.9. The van der Waals surface area contributed by atoms with E-state index in [9.17, 15) is 36.6 Å². The SMILES string of the molecule is CC(C)[C@@]1(C(O)N2CCc3ccc(C(O)(C(F)(F)F)C(F)(F)F)cc3C2)C=C(NC2CCOCC2)CC1. The molecule has 1 aromatic carbocycles. The standard InChI is InChI=1S/C26H34F6N2O3/c1-16(2)23(9-5-21(14-23)33-20-7-11-37-12-8-20)22(35)34-10-6-17-3-4-19(13-18(17)15-34)24(36,25(27,28)29)26(30,31)32/h3-4,13-14,16,20,22,33,35-36H,5-12,15H2,1-2H3/t22?,23-/m0/s1. The molecule has 0 spiro atoms. The van der Waals surface area contributed by atoms with Gasteiger partial charge in [0.05, 0.1) is 0 Å². The van der Waals surface area contributed by atoms with Gasteiger partial charge in [0, 0.05) is 49.0 Å². The first-order valence-electron chi connectivity index (χ1n) is 12.7. The lowest BCUT2D eigenvalue weighted by Crippen LogP contribution is -2.54. The number of halogens is 6. The molecule has 1 aromatic rings. The van der Waals surface area contributed by atoms with Gasteiger partial charge in [-0.05, 0) is 49.1 Å². The number of nitrogens with zero attached hydrogens (tertiary/aromatic N) is 1. The third-order valence-corrected chi connectivity index (χ3v) is 8.27. The van der Waals surface area contributed by atoms with Gasteiger partial charge in [-0.25, -0.2) is 0 Å². The third kappa shape index (κ3) is 5.12. The fraction of sp³-hybridized carbons (Fsp3) is 0.692. The third-order valence-electron chi connectivity index (χ3n) is 8.27. The average molecular weight is 537 g/mol. The van der Waals surface area contributed by atoms with Crippen molar-refractivity contribution in [2.24, 2.45) is 11.3 Å². The maximum Gasteiger partial charge on any atom is 0.430 e. The normalized spacial score (nSPS) is 25.2. The molecule has 2 atom stereocenters. The van der Waals surface area contributed by atoms with E-state index in [0.717, 1.165) is 31.0 Å². The minimum absolute atomic E-state index is 0.0266. The lowest BCUT2D eigenvalue weighted by atomic mass is 9.74. The number of ether oxygens (including phenoxy) is 1. The predicted molar refractivity (Wildman–Crippen MR) is 124 cm³/mol. The summed E-state index contributed by atoms with van der Waals surface area (Å²) in [5, 5.41) is 25.0. The zero-order valence-corrected chi connectivity index (χ0v) is 20.9. The first kappa shape index (κ1) is 28.2. The van der Waals surface area contributed by atoms with Crippen LogP contribution in [0.5, 0.6) is 0 Å². The van der Waals surface area contributed by atoms with Gasteiger partial charge < -0.3 is 20.3 Å². The van der Waals surface area contributed by atoms with Gasteiger partial charge in [0.2, 0.25) is 0 Å². The van der Waals surface area contributed by atoms with Crippen molar-refractivity contribution in [3.8, 4) is 0 Å². The van der Waals surface area contributed by atoms with Crippen LogP contribution >= 0.6 is 0 Å². The van der Waals surface area contributed by atoms with Gasteiger partial charge >= 0.3 is 12.4 Å². The van der Waals surface area contributed by atoms with Crippen LogP contribution in [0.1, 0.15) is 56.2 Å². The summed E-state index contributed by atoms with van der Waals surface area (Å²) in [5.41, 5.74) is -5.00. The Morgan fingerprint density at radius 1 is 1.03 bits per heavy atom. The van der Waals surface area contributed by atoms with Crippen molar-refractivity contribution in [1.82, 2.24) is 10.2 Å². The van der Waals surface area contributed by atoms with E-state index in [1.165, 1.54) is 6.07 Å². The van der Waals surface area contributed by atoms with Crippen molar-refractivity contribution in [2.75, 3.05) is 19.8 Å². The first-order chi connectivity index (χ1) is 17.2. The molecule has 0 saturated carbocycles. The highest BCUT2D eigenvalue weighted by Gasteiger charge is 2.71. The van der Waals surface area contributed by atoms with E-state index in [1.807, 2.05) is 13.8 Å². The second-order valence-corrected chi connectivity index (χ2v) is 10.8. The Balaban J connectivity index is 1.58. The summed E-state index contributed by atoms with van der Waals surface area (Å²) in [5.74, 6) is 0.0322. The Kier molecular flexibility index (Phi) is 7.66. The number of benzene rings is 1. The Morgan fingerprint density at radius 2 is 1.68 bits per heavy atom. The molecule has 3 N–H and O–H groups in total. The quantitative estimate of drug-likeness (QED) is 0.458. The second kappa shape index (κ2) is 10.1. The minimum atomic E-state index is -5.95. The van der Waals surface area contributed by atoms with Gasteiger partial charge in [-0.15, -0.1) is 0 Å². The largest absolute Gasteiger partial charge is 0.430 e. The lowest BCUT2D eigenvalue weighted by Gasteiger charge is -2.44. The average Bonchev–Trinajstić information content (AvgIpc) is 3.26. The molecule has 1 saturated heterocycles. The van der Waals surface area contributed by atoms with Crippen molar-refractivity contribution in [2.45, 2.75) is 82.7 Å². The summed E-state index contributed by atoms with van der Waals surface area (Å²) in [7, 11) is 0. The number of aliphatic hydroxyl groups excluding tert-OH is 1. The van der Waals surface area contributed by atoms with Crippen LogP contribution < -0.4 is 5.32 Å². The number of allylic oxidation sites excluding steroid dienone is 1. The molecule has 1 fully saturated rings. The number of fused-ring (bicyclic) bond motifs is 1. The Bertz CT molecular complexity index is 989. The van der Waals surface area contributed by atoms with Crippen LogP contribution in [0.25, 0.3) is 0 Å². The van der Waals surface area contributed by atoms with Crippen LogP contribution in [0.4, 0.5) is 26.3 Å². The summed E-state index contributed by atoms with van der Waals surface area (Å²) < 4.78 is 86.0. The number of alkyl halides is 6. The van der Waals surface area contributed by atoms with Gasteiger partial charge in [0.15, 0.2) is 0 Å². The van der Waals surface area contributed by atoms with Gasteiger partial charge in [-0.1, -0.05) is 38.1 Å². The second-order valence-electron chi connectivity index (χ2n) is 10.8. The molecule has 0 aromatic heterocycles. The smallest absolute Gasteiger partial charge is 0.386 e. The highest BCUT2D eigenvalue weighted by atomic mass is 19.4. The van der Waals surface area contributed by atoms with Crippen molar-refractivity contribution in [3.63, 3.8) is 0 Å². The van der Waals surface area contributed by atoms with Gasteiger partial charge in [-0.2, -0.15) is 26.3 Å². The van der Waals surface area contributed by atoms with Crippen LogP contribution in [0.2, 0.25) is 0 Å². The van der Waals surface area contributed by atoms with Crippen molar-refractivity contribution >= 4 is 0 Å². The number of hydrogen-bond donors (Lipinski definition) is 3. The van der Waals surface area contributed by atoms with Crippen molar-refractivity contribution in [3.05, 3.63) is 46.7 Å². The molecule has 1 aliphatic carbocycles. The van der Waals surface area contributed by atoms with Crippen molar-refractivity contribution < 1.29 is 41.3 Å². The van der Waals surface area contributed by atoms with Crippen LogP contribution in [-0.2, 0) is 23.3 Å². The maximum absolute atomic E-state index is 13.4. The van der Waals surface area contributed by atoms with Crippen LogP contribution in [-0.4, -0.2) is 59.5 Å². The molecule has 0 amide bonds. The topological polar surface area (TPSA) is 65.0 Å². The molecule has 0 bridgehead atoms. The highest BCUT2D eigenvalue weighted by Crippen LogP contribution is 2.51. The molecular formula is C26H34F6N2O3. The van der Waals surface area contributed by atoms with E-state index >= 15 is 0 Å². The molecule has 1 unspecified atom stereocenters. The predicted octanol–water partition coefficient (Wildman–Crippen LogP) is 4.76. The molecule has 37 heavy (non-hydrogen) atoms. The lowest BCUT2D eigenvalue weighted by molar-refractivity contribution is -0.376. The molecular weight excluding hydrogens is 502 g/mol. The van der Waals surface area contributed by atoms with E-state index in [-0.39, 0.29) is 18.0 Å². The van der Waals surface area contributed by atoms with Crippen LogP contribution in [0, 0.1) is 11.3 Å². The highest BCUT2D eigenvalue weighted by molar-refractivity contribution is 5.38. The van der Waals surface area contributed by atoms with E-state index in [1.54, 1.807) is 4.90 Å². The van der Waals surface area contributed by atoms with Crippen LogP contribution in [0.3, 0.4) is 0 Å². The number of rotatable bonds is 6. The molecule has 208 valence electrons. The van der Waals surface area contributed by atoms with E-state index in [2.05, 4.69) is 11.4 Å². The molecule has 4 rings (SSSR count). The van der Waals surface area contributed by atoms with Gasteiger partial charge in [0.25, 0.3) is 5.60 Å². The van der Waals surface area contributed by atoms with E-state index in [4.69, 9.17) is 4.74 Å². The maximum atomic E-state index is 13.4. The number of aliphatic hydroxyl groups is 2. The summed E-state index contributed by atoms with van der Waals surface area (Å²) in [6.45, 7) is 5.76. The van der Waals surface area contributed by atoms with E-state index < -0.39 is 35.2 Å². The zero-order chi connectivity index (χ0) is 27.2. The Hall–Kier alpha value is -1.82. The molecule has 5 nitrogen and oxygen atoms in total. The summed E-state index contributed by atoms with van der Waals surface area (Å²) >= 11 is 0. The molecule has 3 aliphatic rings.